The number of nitrogens with one attached hydrogen (secondary N) is 2. The van der Waals surface area contributed by atoms with Gasteiger partial charge in [-0.3, -0.25) is 14.9 Å². The van der Waals surface area contributed by atoms with Gasteiger partial charge in [-0.25, -0.2) is 4.79 Å². The van der Waals surface area contributed by atoms with Gasteiger partial charge in [-0.2, -0.15) is 0 Å². The quantitative estimate of drug-likeness (QED) is 0.356. The molecule has 196 valence electrons. The molecule has 2 amide bonds. The Morgan fingerprint density at radius 1 is 0.895 bits per heavy atom. The second-order valence-electron chi connectivity index (χ2n) is 8.74. The average Bonchev–Trinajstić information content (AvgIpc) is 2.94. The molecule has 38 heavy (non-hydrogen) atoms. The SMILES string of the molecule is COC(=O)c1ccc(N2CCN(C(=O)c3ccccc3)CC2)c(NC(=S)NC(=O)c2ccc(C)c(Cl)c2)c1. The number of anilines is 2. The van der Waals surface area contributed by atoms with Crippen molar-refractivity contribution in [3.05, 3.63) is 94.0 Å². The molecule has 0 aromatic heterocycles. The van der Waals surface area contributed by atoms with Crippen molar-refractivity contribution < 1.29 is 19.1 Å². The van der Waals surface area contributed by atoms with Crippen molar-refractivity contribution in [2.45, 2.75) is 6.92 Å². The van der Waals surface area contributed by atoms with Gasteiger partial charge in [0, 0.05) is 42.3 Å². The molecular formula is C28H27ClN4O4S. The van der Waals surface area contributed by atoms with Crippen LogP contribution in [0.15, 0.2) is 66.7 Å². The number of methoxy groups -OCH3 is 1. The molecule has 2 N–H and O–H groups in total. The zero-order valence-electron chi connectivity index (χ0n) is 21.0. The molecule has 3 aromatic carbocycles. The van der Waals surface area contributed by atoms with Crippen molar-refractivity contribution in [2.24, 2.45) is 0 Å². The lowest BCUT2D eigenvalue weighted by atomic mass is 10.1. The summed E-state index contributed by atoms with van der Waals surface area (Å²) in [5.74, 6) is -0.921. The molecule has 10 heteroatoms. The molecule has 0 unspecified atom stereocenters. The molecule has 3 aromatic rings. The minimum Gasteiger partial charge on any atom is -0.465 e. The Bertz CT molecular complexity index is 1370. The van der Waals surface area contributed by atoms with Crippen molar-refractivity contribution in [1.29, 1.82) is 0 Å². The second-order valence-corrected chi connectivity index (χ2v) is 9.56. The highest BCUT2D eigenvalue weighted by Crippen LogP contribution is 2.29. The third kappa shape index (κ3) is 6.30. The van der Waals surface area contributed by atoms with Crippen molar-refractivity contribution >= 4 is 58.1 Å². The highest BCUT2D eigenvalue weighted by molar-refractivity contribution is 7.80. The van der Waals surface area contributed by atoms with Crippen LogP contribution in [-0.4, -0.2) is 61.1 Å². The van der Waals surface area contributed by atoms with Crippen LogP contribution in [0.25, 0.3) is 0 Å². The number of ether oxygens (including phenoxy) is 1. The van der Waals surface area contributed by atoms with Crippen LogP contribution >= 0.6 is 23.8 Å². The Labute approximate surface area is 231 Å². The normalized spacial score (nSPS) is 13.0. The summed E-state index contributed by atoms with van der Waals surface area (Å²) < 4.78 is 4.87. The monoisotopic (exact) mass is 550 g/mol. The average molecular weight is 551 g/mol. The van der Waals surface area contributed by atoms with Gasteiger partial charge in [0.15, 0.2) is 5.11 Å². The van der Waals surface area contributed by atoms with Crippen molar-refractivity contribution in [1.82, 2.24) is 10.2 Å². The van der Waals surface area contributed by atoms with E-state index in [9.17, 15) is 14.4 Å². The van der Waals surface area contributed by atoms with Gasteiger partial charge < -0.3 is 19.9 Å². The summed E-state index contributed by atoms with van der Waals surface area (Å²) in [6.45, 7) is 4.06. The lowest BCUT2D eigenvalue weighted by molar-refractivity contribution is 0.0600. The lowest BCUT2D eigenvalue weighted by Gasteiger charge is -2.37. The minimum atomic E-state index is -0.498. The van der Waals surface area contributed by atoms with Crippen LogP contribution in [-0.2, 0) is 4.74 Å². The van der Waals surface area contributed by atoms with Crippen LogP contribution in [0.1, 0.15) is 36.6 Å². The van der Waals surface area contributed by atoms with Crippen LogP contribution in [0.3, 0.4) is 0 Å². The summed E-state index contributed by atoms with van der Waals surface area (Å²) in [6.07, 6.45) is 0. The molecular weight excluding hydrogens is 524 g/mol. The maximum atomic E-state index is 12.8. The molecule has 4 rings (SSSR count). The fourth-order valence-corrected chi connectivity index (χ4v) is 4.52. The van der Waals surface area contributed by atoms with Crippen molar-refractivity contribution in [2.75, 3.05) is 43.5 Å². The molecule has 0 atom stereocenters. The van der Waals surface area contributed by atoms with E-state index in [1.807, 2.05) is 42.2 Å². The molecule has 0 saturated carbocycles. The number of amides is 2. The third-order valence-electron chi connectivity index (χ3n) is 6.26. The maximum absolute atomic E-state index is 12.8. The van der Waals surface area contributed by atoms with Gasteiger partial charge in [-0.1, -0.05) is 35.9 Å². The van der Waals surface area contributed by atoms with E-state index < -0.39 is 11.9 Å². The van der Waals surface area contributed by atoms with E-state index in [2.05, 4.69) is 15.5 Å². The molecule has 0 spiro atoms. The molecule has 8 nitrogen and oxygen atoms in total. The molecule has 0 aliphatic carbocycles. The topological polar surface area (TPSA) is 91.0 Å². The Morgan fingerprint density at radius 2 is 1.58 bits per heavy atom. The smallest absolute Gasteiger partial charge is 0.337 e. The first kappa shape index (κ1) is 27.1. The Morgan fingerprint density at radius 3 is 2.24 bits per heavy atom. The Hall–Kier alpha value is -3.95. The number of nitrogens with zero attached hydrogens (tertiary/aromatic N) is 2. The number of halogens is 1. The van der Waals surface area contributed by atoms with E-state index in [1.54, 1.807) is 36.4 Å². The first-order valence-corrected chi connectivity index (χ1v) is 12.8. The van der Waals surface area contributed by atoms with Crippen LogP contribution in [0.5, 0.6) is 0 Å². The summed E-state index contributed by atoms with van der Waals surface area (Å²) in [4.78, 5) is 41.7. The van der Waals surface area contributed by atoms with Gasteiger partial charge in [0.2, 0.25) is 0 Å². The zero-order chi connectivity index (χ0) is 27.2. The van der Waals surface area contributed by atoms with E-state index in [0.717, 1.165) is 11.3 Å². The first-order valence-electron chi connectivity index (χ1n) is 12.0. The number of carbonyl (C=O) groups is 3. The van der Waals surface area contributed by atoms with Crippen LogP contribution in [0, 0.1) is 6.92 Å². The number of thiocarbonyl (C=S) groups is 1. The number of esters is 1. The number of hydrogen-bond donors (Lipinski definition) is 2. The highest BCUT2D eigenvalue weighted by Gasteiger charge is 2.24. The molecule has 1 aliphatic rings. The molecule has 0 bridgehead atoms. The van der Waals surface area contributed by atoms with Crippen LogP contribution in [0.4, 0.5) is 11.4 Å². The lowest BCUT2D eigenvalue weighted by Crippen LogP contribution is -2.49. The Kier molecular flexibility index (Phi) is 8.60. The standard InChI is InChI=1S/C28H27ClN4O4S/c1-18-8-9-20(16-22(18)29)25(34)31-28(38)30-23-17-21(27(36)37-2)10-11-24(23)32-12-14-33(15-13-32)26(35)19-6-4-3-5-7-19/h3-11,16-17H,12-15H2,1-2H3,(H2,30,31,34,38). The molecule has 1 heterocycles. The number of hydrogen-bond acceptors (Lipinski definition) is 6. The summed E-state index contributed by atoms with van der Waals surface area (Å²) in [7, 11) is 1.31. The molecule has 1 aliphatic heterocycles. The molecule has 1 fully saturated rings. The van der Waals surface area contributed by atoms with Gasteiger partial charge in [-0.15, -0.1) is 0 Å². The maximum Gasteiger partial charge on any atom is 0.337 e. The Balaban J connectivity index is 1.49. The van der Waals surface area contributed by atoms with E-state index >= 15 is 0 Å². The number of carbonyl (C=O) groups excluding carboxylic acids is 3. The van der Waals surface area contributed by atoms with E-state index in [-0.39, 0.29) is 11.0 Å². The fourth-order valence-electron chi connectivity index (χ4n) is 4.13. The molecule has 0 radical (unpaired) electrons. The van der Waals surface area contributed by atoms with Gasteiger partial charge in [0.1, 0.15) is 0 Å². The molecule has 1 saturated heterocycles. The largest absolute Gasteiger partial charge is 0.465 e. The zero-order valence-corrected chi connectivity index (χ0v) is 22.6. The first-order chi connectivity index (χ1) is 18.3. The predicted molar refractivity (Wildman–Crippen MR) is 152 cm³/mol. The van der Waals surface area contributed by atoms with E-state index in [4.69, 9.17) is 28.6 Å². The summed E-state index contributed by atoms with van der Waals surface area (Å²) >= 11 is 11.6. The van der Waals surface area contributed by atoms with Crippen molar-refractivity contribution in [3.63, 3.8) is 0 Å². The number of benzene rings is 3. The van der Waals surface area contributed by atoms with E-state index in [1.165, 1.54) is 7.11 Å². The highest BCUT2D eigenvalue weighted by atomic mass is 35.5. The number of aryl methyl sites for hydroxylation is 1. The summed E-state index contributed by atoms with van der Waals surface area (Å²) in [5.41, 5.74) is 3.52. The summed E-state index contributed by atoms with van der Waals surface area (Å²) in [6, 6.07) is 19.3. The van der Waals surface area contributed by atoms with Gasteiger partial charge in [0.05, 0.1) is 24.0 Å². The predicted octanol–water partition coefficient (Wildman–Crippen LogP) is 4.52. The summed E-state index contributed by atoms with van der Waals surface area (Å²) in [5, 5.41) is 6.25. The minimum absolute atomic E-state index is 0.00950. The number of piperazine rings is 1. The third-order valence-corrected chi connectivity index (χ3v) is 6.87. The fraction of sp³-hybridized carbons (Fsp3) is 0.214. The van der Waals surface area contributed by atoms with Gasteiger partial charge in [-0.05, 0) is 67.2 Å². The number of rotatable bonds is 5. The van der Waals surface area contributed by atoms with Crippen LogP contribution in [0.2, 0.25) is 5.02 Å². The van der Waals surface area contributed by atoms with Gasteiger partial charge in [0.25, 0.3) is 11.8 Å². The van der Waals surface area contributed by atoms with Gasteiger partial charge >= 0.3 is 5.97 Å². The van der Waals surface area contributed by atoms with Crippen molar-refractivity contribution in [3.8, 4) is 0 Å². The van der Waals surface area contributed by atoms with Crippen LogP contribution < -0.4 is 15.5 Å². The second kappa shape index (κ2) is 12.1. The van der Waals surface area contributed by atoms with E-state index in [0.29, 0.717) is 53.6 Å².